The summed E-state index contributed by atoms with van der Waals surface area (Å²) in [5.41, 5.74) is 6.86. The third kappa shape index (κ3) is 3.35. The number of pyridine rings is 1. The standard InChI is InChI=1S/C15H16Cl2N2O/c1-15(2,3)9-5-4-6-10(7-9)20-14-12(17)8-11(16)13(18)19-14/h4-8H,1-3H3,(H2,18,19). The van der Waals surface area contributed by atoms with Gasteiger partial charge in [-0.3, -0.25) is 0 Å². The minimum Gasteiger partial charge on any atom is -0.437 e. The van der Waals surface area contributed by atoms with E-state index < -0.39 is 0 Å². The van der Waals surface area contributed by atoms with Crippen molar-refractivity contribution in [2.24, 2.45) is 0 Å². The summed E-state index contributed by atoms with van der Waals surface area (Å²) >= 11 is 11.9. The van der Waals surface area contributed by atoms with Crippen molar-refractivity contribution < 1.29 is 4.74 Å². The summed E-state index contributed by atoms with van der Waals surface area (Å²) in [6.45, 7) is 6.41. The number of hydrogen-bond acceptors (Lipinski definition) is 3. The van der Waals surface area contributed by atoms with Crippen molar-refractivity contribution in [1.82, 2.24) is 4.98 Å². The Balaban J connectivity index is 2.33. The summed E-state index contributed by atoms with van der Waals surface area (Å²) in [6, 6.07) is 9.32. The van der Waals surface area contributed by atoms with Crippen LogP contribution >= 0.6 is 23.2 Å². The molecule has 0 fully saturated rings. The number of benzene rings is 1. The van der Waals surface area contributed by atoms with Crippen LogP contribution in [0.2, 0.25) is 10.0 Å². The summed E-state index contributed by atoms with van der Waals surface area (Å²) in [7, 11) is 0. The molecule has 0 aliphatic heterocycles. The molecule has 1 aromatic carbocycles. The highest BCUT2D eigenvalue weighted by Crippen LogP contribution is 2.33. The van der Waals surface area contributed by atoms with Gasteiger partial charge in [0.1, 0.15) is 16.6 Å². The van der Waals surface area contributed by atoms with Crippen molar-refractivity contribution in [1.29, 1.82) is 0 Å². The first-order valence-electron chi connectivity index (χ1n) is 6.17. The van der Waals surface area contributed by atoms with Gasteiger partial charge < -0.3 is 10.5 Å². The molecule has 1 aromatic heterocycles. The van der Waals surface area contributed by atoms with Crippen LogP contribution in [-0.4, -0.2) is 4.98 Å². The van der Waals surface area contributed by atoms with E-state index in [0.717, 1.165) is 5.56 Å². The van der Waals surface area contributed by atoms with Crippen molar-refractivity contribution in [2.45, 2.75) is 26.2 Å². The average molecular weight is 311 g/mol. The molecule has 0 atom stereocenters. The molecule has 0 saturated heterocycles. The van der Waals surface area contributed by atoms with Crippen molar-refractivity contribution in [3.8, 4) is 11.6 Å². The van der Waals surface area contributed by atoms with E-state index in [0.29, 0.717) is 15.8 Å². The van der Waals surface area contributed by atoms with Crippen LogP contribution in [0.5, 0.6) is 11.6 Å². The van der Waals surface area contributed by atoms with E-state index >= 15 is 0 Å². The van der Waals surface area contributed by atoms with Crippen LogP contribution < -0.4 is 10.5 Å². The monoisotopic (exact) mass is 310 g/mol. The number of nitrogens with zero attached hydrogens (tertiary/aromatic N) is 1. The third-order valence-corrected chi connectivity index (χ3v) is 3.41. The maximum atomic E-state index is 6.05. The zero-order valence-corrected chi connectivity index (χ0v) is 13.1. The smallest absolute Gasteiger partial charge is 0.240 e. The Bertz CT molecular complexity index is 636. The molecule has 106 valence electrons. The number of anilines is 1. The van der Waals surface area contributed by atoms with Gasteiger partial charge in [-0.05, 0) is 29.2 Å². The molecule has 5 heteroatoms. The fourth-order valence-corrected chi connectivity index (χ4v) is 2.07. The van der Waals surface area contributed by atoms with Crippen LogP contribution in [0.3, 0.4) is 0 Å². The lowest BCUT2D eigenvalue weighted by atomic mass is 9.87. The van der Waals surface area contributed by atoms with E-state index in [1.54, 1.807) is 0 Å². The molecule has 2 aromatic rings. The highest BCUT2D eigenvalue weighted by molar-refractivity contribution is 6.36. The Kier molecular flexibility index (Phi) is 4.11. The van der Waals surface area contributed by atoms with Gasteiger partial charge in [-0.15, -0.1) is 0 Å². The number of rotatable bonds is 2. The van der Waals surface area contributed by atoms with Gasteiger partial charge in [-0.25, -0.2) is 0 Å². The summed E-state index contributed by atoms with van der Waals surface area (Å²) in [4.78, 5) is 4.05. The number of hydrogen-bond donors (Lipinski definition) is 1. The van der Waals surface area contributed by atoms with Gasteiger partial charge in [-0.2, -0.15) is 4.98 Å². The molecule has 0 spiro atoms. The van der Waals surface area contributed by atoms with E-state index in [9.17, 15) is 0 Å². The molecule has 0 aliphatic rings. The van der Waals surface area contributed by atoms with Gasteiger partial charge in [0, 0.05) is 0 Å². The Morgan fingerprint density at radius 2 is 1.80 bits per heavy atom. The van der Waals surface area contributed by atoms with E-state index in [2.05, 4.69) is 31.8 Å². The molecule has 0 aliphatic carbocycles. The summed E-state index contributed by atoms with van der Waals surface area (Å²) in [5, 5.41) is 0.635. The fourth-order valence-electron chi connectivity index (χ4n) is 1.67. The number of nitrogens with two attached hydrogens (primary N) is 1. The van der Waals surface area contributed by atoms with Gasteiger partial charge >= 0.3 is 0 Å². The van der Waals surface area contributed by atoms with Gasteiger partial charge in [0.15, 0.2) is 0 Å². The number of nitrogen functional groups attached to an aromatic ring is 1. The summed E-state index contributed by atoms with van der Waals surface area (Å²) in [5.74, 6) is 1.10. The minimum atomic E-state index is 0.0373. The van der Waals surface area contributed by atoms with Crippen molar-refractivity contribution >= 4 is 29.0 Å². The number of ether oxygens (including phenoxy) is 1. The maximum absolute atomic E-state index is 6.05. The highest BCUT2D eigenvalue weighted by atomic mass is 35.5. The molecule has 1 heterocycles. The SMILES string of the molecule is CC(C)(C)c1cccc(Oc2nc(N)c(Cl)cc2Cl)c1. The van der Waals surface area contributed by atoms with Crippen LogP contribution in [-0.2, 0) is 5.41 Å². The molecule has 20 heavy (non-hydrogen) atoms. The first-order chi connectivity index (χ1) is 9.27. The Morgan fingerprint density at radius 1 is 1.10 bits per heavy atom. The number of aromatic nitrogens is 1. The lowest BCUT2D eigenvalue weighted by Crippen LogP contribution is -2.10. The van der Waals surface area contributed by atoms with Gasteiger partial charge in [0.05, 0.1) is 5.02 Å². The predicted octanol–water partition coefficient (Wildman–Crippen LogP) is 5.06. The molecule has 2 rings (SSSR count). The fraction of sp³-hybridized carbons (Fsp3) is 0.267. The maximum Gasteiger partial charge on any atom is 0.240 e. The second-order valence-electron chi connectivity index (χ2n) is 5.52. The molecule has 0 unspecified atom stereocenters. The second-order valence-corrected chi connectivity index (χ2v) is 6.34. The highest BCUT2D eigenvalue weighted by Gasteiger charge is 2.15. The molecular formula is C15H16Cl2N2O. The van der Waals surface area contributed by atoms with Crippen LogP contribution in [0.15, 0.2) is 30.3 Å². The van der Waals surface area contributed by atoms with E-state index in [1.807, 2.05) is 18.2 Å². The van der Waals surface area contributed by atoms with E-state index in [4.69, 9.17) is 33.7 Å². The third-order valence-electron chi connectivity index (χ3n) is 2.84. The molecular weight excluding hydrogens is 295 g/mol. The molecule has 0 saturated carbocycles. The van der Waals surface area contributed by atoms with Gasteiger partial charge in [0.2, 0.25) is 5.88 Å². The van der Waals surface area contributed by atoms with Crippen LogP contribution in [0, 0.1) is 0 Å². The second kappa shape index (κ2) is 5.51. The zero-order valence-electron chi connectivity index (χ0n) is 11.6. The summed E-state index contributed by atoms with van der Waals surface area (Å²) < 4.78 is 5.70. The lowest BCUT2D eigenvalue weighted by Gasteiger charge is -2.19. The minimum absolute atomic E-state index is 0.0373. The molecule has 2 N–H and O–H groups in total. The Labute approximate surface area is 128 Å². The van der Waals surface area contributed by atoms with E-state index in [1.165, 1.54) is 6.07 Å². The lowest BCUT2D eigenvalue weighted by molar-refractivity contribution is 0.461. The Morgan fingerprint density at radius 3 is 2.45 bits per heavy atom. The molecule has 0 amide bonds. The van der Waals surface area contributed by atoms with Gasteiger partial charge in [0.25, 0.3) is 0 Å². The largest absolute Gasteiger partial charge is 0.437 e. The quantitative estimate of drug-likeness (QED) is 0.843. The summed E-state index contributed by atoms with van der Waals surface area (Å²) in [6.07, 6.45) is 0. The van der Waals surface area contributed by atoms with Crippen molar-refractivity contribution in [2.75, 3.05) is 5.73 Å². The first kappa shape index (κ1) is 14.9. The van der Waals surface area contributed by atoms with Crippen molar-refractivity contribution in [3.63, 3.8) is 0 Å². The number of halogens is 2. The van der Waals surface area contributed by atoms with Crippen molar-refractivity contribution in [3.05, 3.63) is 45.9 Å². The molecule has 0 radical (unpaired) electrons. The predicted molar refractivity (Wildman–Crippen MR) is 83.9 cm³/mol. The van der Waals surface area contributed by atoms with Crippen LogP contribution in [0.4, 0.5) is 5.82 Å². The van der Waals surface area contributed by atoms with Crippen LogP contribution in [0.25, 0.3) is 0 Å². The zero-order chi connectivity index (χ0) is 14.9. The normalized spacial score (nSPS) is 11.4. The first-order valence-corrected chi connectivity index (χ1v) is 6.93. The van der Waals surface area contributed by atoms with Crippen LogP contribution in [0.1, 0.15) is 26.3 Å². The average Bonchev–Trinajstić information content (AvgIpc) is 2.35. The Hall–Kier alpha value is -1.45. The molecule has 3 nitrogen and oxygen atoms in total. The van der Waals surface area contributed by atoms with Gasteiger partial charge in [-0.1, -0.05) is 56.1 Å². The molecule has 0 bridgehead atoms. The topological polar surface area (TPSA) is 48.1 Å². The van der Waals surface area contributed by atoms with E-state index in [-0.39, 0.29) is 17.1 Å².